The molecular formula is C23H28N4O3S2. The maximum absolute atomic E-state index is 12.6. The summed E-state index contributed by atoms with van der Waals surface area (Å²) < 4.78 is 11.5. The van der Waals surface area contributed by atoms with Gasteiger partial charge < -0.3 is 14.8 Å². The van der Waals surface area contributed by atoms with Crippen molar-refractivity contribution in [1.82, 2.24) is 14.9 Å². The summed E-state index contributed by atoms with van der Waals surface area (Å²) >= 11 is 2.97. The molecule has 9 heteroatoms. The Morgan fingerprint density at radius 2 is 1.91 bits per heavy atom. The third-order valence-corrected chi connectivity index (χ3v) is 6.72. The Kier molecular flexibility index (Phi) is 7.51. The highest BCUT2D eigenvalue weighted by Crippen LogP contribution is 2.32. The molecule has 32 heavy (non-hydrogen) atoms. The van der Waals surface area contributed by atoms with E-state index < -0.39 is 0 Å². The molecule has 0 spiro atoms. The molecule has 1 N–H and O–H groups in total. The van der Waals surface area contributed by atoms with Crippen molar-refractivity contribution >= 4 is 33.7 Å². The molecule has 2 atom stereocenters. The van der Waals surface area contributed by atoms with Crippen molar-refractivity contribution < 1.29 is 14.3 Å². The van der Waals surface area contributed by atoms with Gasteiger partial charge in [0.2, 0.25) is 5.91 Å². The highest BCUT2D eigenvalue weighted by molar-refractivity contribution is 7.14. The number of benzene rings is 1. The number of ether oxygens (including phenoxy) is 2. The molecule has 3 aromatic rings. The van der Waals surface area contributed by atoms with E-state index in [9.17, 15) is 4.79 Å². The normalized spacial score (nSPS) is 19.1. The second-order valence-corrected chi connectivity index (χ2v) is 9.61. The molecule has 4 rings (SSSR count). The van der Waals surface area contributed by atoms with Gasteiger partial charge in [-0.05, 0) is 32.9 Å². The maximum Gasteiger partial charge on any atom is 0.232 e. The van der Waals surface area contributed by atoms with E-state index >= 15 is 0 Å². The first kappa shape index (κ1) is 22.8. The minimum Gasteiger partial charge on any atom is -0.493 e. The summed E-state index contributed by atoms with van der Waals surface area (Å²) in [4.78, 5) is 24.1. The molecule has 2 aromatic heterocycles. The second kappa shape index (κ2) is 10.5. The number of thiazole rings is 2. The molecule has 170 valence electrons. The van der Waals surface area contributed by atoms with Crippen molar-refractivity contribution in [3.63, 3.8) is 0 Å². The van der Waals surface area contributed by atoms with E-state index in [2.05, 4.69) is 34.0 Å². The van der Waals surface area contributed by atoms with E-state index in [0.29, 0.717) is 11.7 Å². The number of amides is 1. The number of anilines is 1. The molecule has 0 saturated carbocycles. The van der Waals surface area contributed by atoms with Crippen LogP contribution in [-0.4, -0.2) is 52.7 Å². The summed E-state index contributed by atoms with van der Waals surface area (Å²) in [5.41, 5.74) is 2.65. The summed E-state index contributed by atoms with van der Waals surface area (Å²) in [7, 11) is 0. The van der Waals surface area contributed by atoms with Crippen LogP contribution in [0.15, 0.2) is 35.0 Å². The summed E-state index contributed by atoms with van der Waals surface area (Å²) in [5, 5.41) is 8.31. The van der Waals surface area contributed by atoms with E-state index in [1.807, 2.05) is 41.9 Å². The van der Waals surface area contributed by atoms with Crippen molar-refractivity contribution in [2.45, 2.75) is 45.9 Å². The van der Waals surface area contributed by atoms with Gasteiger partial charge >= 0.3 is 0 Å². The zero-order valence-corrected chi connectivity index (χ0v) is 20.2. The predicted molar refractivity (Wildman–Crippen MR) is 128 cm³/mol. The fourth-order valence-corrected chi connectivity index (χ4v) is 5.41. The highest BCUT2D eigenvalue weighted by Gasteiger charge is 2.23. The minimum atomic E-state index is -0.116. The van der Waals surface area contributed by atoms with Crippen molar-refractivity contribution in [2.24, 2.45) is 0 Å². The molecule has 0 bridgehead atoms. The molecule has 1 amide bonds. The first-order valence-corrected chi connectivity index (χ1v) is 12.5. The maximum atomic E-state index is 12.6. The lowest BCUT2D eigenvalue weighted by molar-refractivity contribution is -0.115. The molecule has 1 aliphatic heterocycles. The van der Waals surface area contributed by atoms with Crippen LogP contribution in [0.1, 0.15) is 32.2 Å². The van der Waals surface area contributed by atoms with Crippen molar-refractivity contribution in [2.75, 3.05) is 25.0 Å². The van der Waals surface area contributed by atoms with Gasteiger partial charge in [-0.15, -0.1) is 22.7 Å². The van der Waals surface area contributed by atoms with Gasteiger partial charge in [-0.3, -0.25) is 9.69 Å². The summed E-state index contributed by atoms with van der Waals surface area (Å²) in [5.74, 6) is 0.689. The average molecular weight is 473 g/mol. The summed E-state index contributed by atoms with van der Waals surface area (Å²) in [6.45, 7) is 9.28. The van der Waals surface area contributed by atoms with Gasteiger partial charge in [0, 0.05) is 30.4 Å². The smallest absolute Gasteiger partial charge is 0.232 e. The number of nitrogens with one attached hydrogen (secondary N) is 1. The third kappa shape index (κ3) is 5.92. The van der Waals surface area contributed by atoms with Crippen LogP contribution >= 0.6 is 22.7 Å². The van der Waals surface area contributed by atoms with Crippen LogP contribution in [0.4, 0.5) is 5.13 Å². The molecule has 0 radical (unpaired) electrons. The molecule has 7 nitrogen and oxygen atoms in total. The standard InChI is InChI=1S/C23H28N4O3S2/c1-4-29-20-8-6-5-7-19(20)22-24-17(13-31-22)9-21(28)26-23-25-18(14-32-23)12-27-10-15(2)30-16(3)11-27/h5-8,13-16H,4,9-12H2,1-3H3,(H,25,26,28). The Morgan fingerprint density at radius 3 is 2.69 bits per heavy atom. The number of carbonyl (C=O) groups excluding carboxylic acids is 1. The van der Waals surface area contributed by atoms with Gasteiger partial charge in [-0.2, -0.15) is 0 Å². The Hall–Kier alpha value is -2.33. The number of nitrogens with zero attached hydrogens (tertiary/aromatic N) is 3. The zero-order valence-electron chi connectivity index (χ0n) is 18.5. The van der Waals surface area contributed by atoms with Gasteiger partial charge in [0.25, 0.3) is 0 Å². The van der Waals surface area contributed by atoms with Gasteiger partial charge in [0.05, 0.1) is 42.2 Å². The molecule has 0 aliphatic carbocycles. The topological polar surface area (TPSA) is 76.6 Å². The number of hydrogen-bond donors (Lipinski definition) is 1. The lowest BCUT2D eigenvalue weighted by Gasteiger charge is -2.34. The van der Waals surface area contributed by atoms with Gasteiger partial charge in [0.15, 0.2) is 5.13 Å². The summed E-state index contributed by atoms with van der Waals surface area (Å²) in [6, 6.07) is 7.83. The highest BCUT2D eigenvalue weighted by atomic mass is 32.1. The molecule has 2 unspecified atom stereocenters. The van der Waals surface area contributed by atoms with Crippen LogP contribution in [0, 0.1) is 0 Å². The van der Waals surface area contributed by atoms with Gasteiger partial charge in [0.1, 0.15) is 10.8 Å². The molecule has 3 heterocycles. The van der Waals surface area contributed by atoms with E-state index in [4.69, 9.17) is 9.47 Å². The third-order valence-electron chi connectivity index (χ3n) is 4.99. The quantitative estimate of drug-likeness (QED) is 0.522. The number of morpholine rings is 1. The van der Waals surface area contributed by atoms with Crippen molar-refractivity contribution in [3.8, 4) is 16.3 Å². The number of para-hydroxylation sites is 1. The second-order valence-electron chi connectivity index (χ2n) is 7.89. The van der Waals surface area contributed by atoms with E-state index in [1.165, 1.54) is 22.7 Å². The molecular weight excluding hydrogens is 444 g/mol. The lowest BCUT2D eigenvalue weighted by Crippen LogP contribution is -2.44. The van der Waals surface area contributed by atoms with Crippen LogP contribution in [-0.2, 0) is 22.5 Å². The SMILES string of the molecule is CCOc1ccccc1-c1nc(CC(=O)Nc2nc(CN3CC(C)OC(C)C3)cs2)cs1. The molecule has 1 fully saturated rings. The van der Waals surface area contributed by atoms with Gasteiger partial charge in [-0.1, -0.05) is 12.1 Å². The Labute approximate surface area is 196 Å². The molecule has 1 aliphatic rings. The first-order valence-electron chi connectivity index (χ1n) is 10.8. The lowest BCUT2D eigenvalue weighted by atomic mass is 10.2. The van der Waals surface area contributed by atoms with E-state index in [-0.39, 0.29) is 24.5 Å². The van der Waals surface area contributed by atoms with Crippen LogP contribution in [0.5, 0.6) is 5.75 Å². The zero-order chi connectivity index (χ0) is 22.5. The van der Waals surface area contributed by atoms with Crippen LogP contribution in [0.2, 0.25) is 0 Å². The minimum absolute atomic E-state index is 0.116. The fourth-order valence-electron chi connectivity index (χ4n) is 3.84. The van der Waals surface area contributed by atoms with Gasteiger partial charge in [-0.25, -0.2) is 9.97 Å². The van der Waals surface area contributed by atoms with Crippen LogP contribution < -0.4 is 10.1 Å². The fraction of sp³-hybridized carbons (Fsp3) is 0.435. The molecule has 1 saturated heterocycles. The summed E-state index contributed by atoms with van der Waals surface area (Å²) in [6.07, 6.45) is 0.654. The van der Waals surface area contributed by atoms with Crippen LogP contribution in [0.3, 0.4) is 0 Å². The first-order chi connectivity index (χ1) is 15.5. The van der Waals surface area contributed by atoms with E-state index in [0.717, 1.165) is 47.3 Å². The molecule has 1 aromatic carbocycles. The van der Waals surface area contributed by atoms with Crippen molar-refractivity contribution in [1.29, 1.82) is 0 Å². The Bertz CT molecular complexity index is 1040. The number of hydrogen-bond acceptors (Lipinski definition) is 8. The predicted octanol–water partition coefficient (Wildman–Crippen LogP) is 4.46. The number of rotatable bonds is 8. The van der Waals surface area contributed by atoms with Crippen molar-refractivity contribution in [3.05, 3.63) is 46.4 Å². The number of carbonyl (C=O) groups is 1. The Morgan fingerprint density at radius 1 is 1.16 bits per heavy atom. The van der Waals surface area contributed by atoms with E-state index in [1.54, 1.807) is 0 Å². The number of aromatic nitrogens is 2. The largest absolute Gasteiger partial charge is 0.493 e. The van der Waals surface area contributed by atoms with Crippen LogP contribution in [0.25, 0.3) is 10.6 Å². The average Bonchev–Trinajstić information content (AvgIpc) is 3.37. The Balaban J connectivity index is 1.33. The monoisotopic (exact) mass is 472 g/mol.